The van der Waals surface area contributed by atoms with E-state index in [1.54, 1.807) is 6.92 Å². The Balaban J connectivity index is 4.58. The Kier molecular flexibility index (Phi) is 3.69. The van der Waals surface area contributed by atoms with E-state index in [0.717, 1.165) is 0 Å². The van der Waals surface area contributed by atoms with Gasteiger partial charge in [0.15, 0.2) is 5.54 Å². The van der Waals surface area contributed by atoms with Crippen molar-refractivity contribution in [3.05, 3.63) is 0 Å². The molecule has 1 unspecified atom stereocenters. The minimum Gasteiger partial charge on any atom is -0.479 e. The zero-order chi connectivity index (χ0) is 9.78. The van der Waals surface area contributed by atoms with E-state index in [0.29, 0.717) is 0 Å². The van der Waals surface area contributed by atoms with Gasteiger partial charge < -0.3 is 15.5 Å². The number of aliphatic hydroxyl groups excluding tert-OH is 1. The number of carboxylic acid groups (broad SMARTS) is 1. The van der Waals surface area contributed by atoms with Gasteiger partial charge in [-0.15, -0.1) is 0 Å². The summed E-state index contributed by atoms with van der Waals surface area (Å²) in [4.78, 5) is 21.2. The van der Waals surface area contributed by atoms with Crippen LogP contribution in [0.1, 0.15) is 20.3 Å². The van der Waals surface area contributed by atoms with Crippen LogP contribution in [0.25, 0.3) is 0 Å². The Morgan fingerprint density at radius 2 is 2.00 bits per heavy atom. The number of hydrogen-bond donors (Lipinski definition) is 3. The normalized spacial score (nSPS) is 14.9. The highest BCUT2D eigenvalue weighted by molar-refractivity contribution is 5.86. The zero-order valence-corrected chi connectivity index (χ0v) is 7.13. The first-order valence-electron chi connectivity index (χ1n) is 3.61. The molecule has 0 aromatic rings. The standard InChI is InChI=1S/C7H13NO4/c1-3-7(4-9,6(11)12)8-5(2)10/h9H,3-4H2,1-2H3,(H,8,10)(H,11,12). The molecular formula is C7H13NO4. The Bertz CT molecular complexity index is 186. The van der Waals surface area contributed by atoms with E-state index in [9.17, 15) is 9.59 Å². The number of aliphatic carboxylic acids is 1. The van der Waals surface area contributed by atoms with Crippen LogP contribution in [0.15, 0.2) is 0 Å². The van der Waals surface area contributed by atoms with E-state index in [1.165, 1.54) is 6.92 Å². The number of hydrogen-bond acceptors (Lipinski definition) is 3. The molecule has 0 aromatic carbocycles. The highest BCUT2D eigenvalue weighted by Crippen LogP contribution is 2.09. The van der Waals surface area contributed by atoms with Crippen LogP contribution in [0, 0.1) is 0 Å². The van der Waals surface area contributed by atoms with Crippen LogP contribution in [-0.2, 0) is 9.59 Å². The third-order valence-electron chi connectivity index (χ3n) is 1.70. The summed E-state index contributed by atoms with van der Waals surface area (Å²) in [6, 6.07) is 0. The van der Waals surface area contributed by atoms with Gasteiger partial charge in [-0.2, -0.15) is 0 Å². The van der Waals surface area contributed by atoms with Gasteiger partial charge >= 0.3 is 5.97 Å². The molecule has 12 heavy (non-hydrogen) atoms. The zero-order valence-electron chi connectivity index (χ0n) is 7.13. The number of amides is 1. The van der Waals surface area contributed by atoms with Crippen molar-refractivity contribution >= 4 is 11.9 Å². The molecular weight excluding hydrogens is 162 g/mol. The number of carbonyl (C=O) groups is 2. The highest BCUT2D eigenvalue weighted by Gasteiger charge is 2.36. The SMILES string of the molecule is CCC(CO)(NC(C)=O)C(=O)O. The molecule has 5 nitrogen and oxygen atoms in total. The van der Waals surface area contributed by atoms with Crippen molar-refractivity contribution in [2.75, 3.05) is 6.61 Å². The van der Waals surface area contributed by atoms with E-state index in [1.807, 2.05) is 0 Å². The van der Waals surface area contributed by atoms with Crippen molar-refractivity contribution in [2.45, 2.75) is 25.8 Å². The molecule has 1 amide bonds. The minimum absolute atomic E-state index is 0.151. The van der Waals surface area contributed by atoms with Crippen LogP contribution in [0.4, 0.5) is 0 Å². The second-order valence-electron chi connectivity index (χ2n) is 2.58. The van der Waals surface area contributed by atoms with Gasteiger partial charge in [0.25, 0.3) is 0 Å². The quantitative estimate of drug-likeness (QED) is 0.529. The van der Waals surface area contributed by atoms with Crippen molar-refractivity contribution in [1.82, 2.24) is 5.32 Å². The summed E-state index contributed by atoms with van der Waals surface area (Å²) in [5.74, 6) is -1.68. The summed E-state index contributed by atoms with van der Waals surface area (Å²) in [5, 5.41) is 19.7. The maximum Gasteiger partial charge on any atom is 0.331 e. The molecule has 0 aliphatic carbocycles. The van der Waals surface area contributed by atoms with E-state index in [4.69, 9.17) is 10.2 Å². The van der Waals surface area contributed by atoms with Crippen LogP contribution in [0.5, 0.6) is 0 Å². The van der Waals surface area contributed by atoms with Gasteiger partial charge in [-0.3, -0.25) is 4.79 Å². The van der Waals surface area contributed by atoms with Crippen LogP contribution < -0.4 is 5.32 Å². The number of rotatable bonds is 4. The first-order chi connectivity index (χ1) is 5.48. The molecule has 1 atom stereocenters. The third kappa shape index (κ3) is 2.20. The van der Waals surface area contributed by atoms with Gasteiger partial charge in [0, 0.05) is 6.92 Å². The summed E-state index contributed by atoms with van der Waals surface area (Å²) < 4.78 is 0. The Labute approximate surface area is 70.4 Å². The van der Waals surface area contributed by atoms with Gasteiger partial charge in [0.1, 0.15) is 0 Å². The predicted molar refractivity (Wildman–Crippen MR) is 41.6 cm³/mol. The molecule has 0 aliphatic heterocycles. The lowest BCUT2D eigenvalue weighted by Gasteiger charge is -2.26. The summed E-state index contributed by atoms with van der Waals surface area (Å²) in [5.41, 5.74) is -1.52. The molecule has 5 heteroatoms. The summed E-state index contributed by atoms with van der Waals surface area (Å²) in [6.07, 6.45) is 0.151. The van der Waals surface area contributed by atoms with Crippen LogP contribution in [0.3, 0.4) is 0 Å². The number of carbonyl (C=O) groups excluding carboxylic acids is 1. The molecule has 0 spiro atoms. The van der Waals surface area contributed by atoms with E-state index < -0.39 is 24.0 Å². The Morgan fingerprint density at radius 1 is 1.50 bits per heavy atom. The predicted octanol–water partition coefficient (Wildman–Crippen LogP) is -0.652. The molecule has 0 saturated carbocycles. The van der Waals surface area contributed by atoms with Gasteiger partial charge in [-0.05, 0) is 6.42 Å². The van der Waals surface area contributed by atoms with E-state index in [-0.39, 0.29) is 6.42 Å². The first kappa shape index (κ1) is 10.9. The van der Waals surface area contributed by atoms with Crippen molar-refractivity contribution in [3.63, 3.8) is 0 Å². The van der Waals surface area contributed by atoms with Gasteiger partial charge in [-0.1, -0.05) is 6.92 Å². The molecule has 0 aliphatic rings. The van der Waals surface area contributed by atoms with Crippen molar-refractivity contribution < 1.29 is 19.8 Å². The van der Waals surface area contributed by atoms with Crippen LogP contribution >= 0.6 is 0 Å². The second kappa shape index (κ2) is 4.06. The van der Waals surface area contributed by atoms with Crippen LogP contribution in [0.2, 0.25) is 0 Å². The largest absolute Gasteiger partial charge is 0.479 e. The fourth-order valence-corrected chi connectivity index (χ4v) is 0.849. The number of carboxylic acids is 1. The van der Waals surface area contributed by atoms with Crippen molar-refractivity contribution in [1.29, 1.82) is 0 Å². The molecule has 0 aromatic heterocycles. The minimum atomic E-state index is -1.52. The highest BCUT2D eigenvalue weighted by atomic mass is 16.4. The fourth-order valence-electron chi connectivity index (χ4n) is 0.849. The summed E-state index contributed by atoms with van der Waals surface area (Å²) in [7, 11) is 0. The summed E-state index contributed by atoms with van der Waals surface area (Å²) in [6.45, 7) is 2.20. The lowest BCUT2D eigenvalue weighted by Crippen LogP contribution is -2.56. The molecule has 0 saturated heterocycles. The average molecular weight is 175 g/mol. The van der Waals surface area contributed by atoms with Crippen molar-refractivity contribution in [3.8, 4) is 0 Å². The molecule has 0 fully saturated rings. The third-order valence-corrected chi connectivity index (χ3v) is 1.70. The molecule has 3 N–H and O–H groups in total. The number of aliphatic hydroxyl groups is 1. The summed E-state index contributed by atoms with van der Waals surface area (Å²) >= 11 is 0. The van der Waals surface area contributed by atoms with Crippen molar-refractivity contribution in [2.24, 2.45) is 0 Å². The smallest absolute Gasteiger partial charge is 0.331 e. The first-order valence-corrected chi connectivity index (χ1v) is 3.61. The van der Waals surface area contributed by atoms with Gasteiger partial charge in [-0.25, -0.2) is 4.79 Å². The maximum atomic E-state index is 10.6. The molecule has 70 valence electrons. The second-order valence-corrected chi connectivity index (χ2v) is 2.58. The van der Waals surface area contributed by atoms with Crippen LogP contribution in [-0.4, -0.2) is 34.2 Å². The Morgan fingerprint density at radius 3 is 2.08 bits per heavy atom. The lowest BCUT2D eigenvalue weighted by atomic mass is 9.97. The maximum absolute atomic E-state index is 10.6. The molecule has 0 rings (SSSR count). The molecule has 0 radical (unpaired) electrons. The molecule has 0 bridgehead atoms. The van der Waals surface area contributed by atoms with E-state index >= 15 is 0 Å². The number of nitrogens with one attached hydrogen (secondary N) is 1. The lowest BCUT2D eigenvalue weighted by molar-refractivity contribution is -0.149. The average Bonchev–Trinajstić information content (AvgIpc) is 1.99. The van der Waals surface area contributed by atoms with Gasteiger partial charge in [0.2, 0.25) is 5.91 Å². The van der Waals surface area contributed by atoms with Gasteiger partial charge in [0.05, 0.1) is 6.61 Å². The Hall–Kier alpha value is -1.10. The fraction of sp³-hybridized carbons (Fsp3) is 0.714. The molecule has 0 heterocycles. The van der Waals surface area contributed by atoms with E-state index in [2.05, 4.69) is 5.32 Å². The monoisotopic (exact) mass is 175 g/mol. The topological polar surface area (TPSA) is 86.6 Å².